The Kier molecular flexibility index (Phi) is 6.03. The van der Waals surface area contributed by atoms with E-state index in [4.69, 9.17) is 23.2 Å². The van der Waals surface area contributed by atoms with Gasteiger partial charge in [0, 0.05) is 25.4 Å². The molecule has 1 amide bonds. The maximum atomic E-state index is 12.0. The predicted octanol–water partition coefficient (Wildman–Crippen LogP) is 3.23. The Labute approximate surface area is 134 Å². The minimum absolute atomic E-state index is 0.0971. The lowest BCUT2D eigenvalue weighted by molar-refractivity contribution is -0.116. The van der Waals surface area contributed by atoms with Crippen LogP contribution in [0.2, 0.25) is 10.0 Å². The van der Waals surface area contributed by atoms with Crippen molar-refractivity contribution in [3.8, 4) is 0 Å². The maximum absolute atomic E-state index is 12.0. The first kappa shape index (κ1) is 16.3. The number of nitrogens with zero attached hydrogens (tertiary/aromatic N) is 1. The topological polar surface area (TPSA) is 49.4 Å². The summed E-state index contributed by atoms with van der Waals surface area (Å²) in [4.78, 5) is 25.0. The zero-order valence-corrected chi connectivity index (χ0v) is 13.2. The smallest absolute Gasteiger partial charge is 0.225 e. The molecule has 21 heavy (non-hydrogen) atoms. The van der Waals surface area contributed by atoms with Gasteiger partial charge in [-0.05, 0) is 31.5 Å². The summed E-state index contributed by atoms with van der Waals surface area (Å²) in [7, 11) is 0. The molecule has 0 spiro atoms. The number of nitrogens with one attached hydrogen (secondary N) is 1. The molecule has 1 heterocycles. The number of hydrogen-bond donors (Lipinski definition) is 1. The van der Waals surface area contributed by atoms with Crippen LogP contribution in [0.1, 0.15) is 19.3 Å². The van der Waals surface area contributed by atoms with Crippen molar-refractivity contribution < 1.29 is 9.59 Å². The molecule has 114 valence electrons. The van der Waals surface area contributed by atoms with E-state index in [1.165, 1.54) is 0 Å². The normalized spacial score (nSPS) is 19.2. The van der Waals surface area contributed by atoms with Crippen LogP contribution >= 0.6 is 23.2 Å². The van der Waals surface area contributed by atoms with E-state index in [0.29, 0.717) is 28.7 Å². The average molecular weight is 329 g/mol. The Morgan fingerprint density at radius 3 is 2.76 bits per heavy atom. The standard InChI is InChI=1S/C15H18Cl2N2O2/c16-12-4-1-5-13(17)15(12)18-14(21)6-8-19-7-2-3-11(9-19)10-20/h1,4-5,10-11H,2-3,6-9H2,(H,18,21). The number of likely N-dealkylation sites (tertiary alicyclic amines) is 1. The van der Waals surface area contributed by atoms with Gasteiger partial charge < -0.3 is 15.0 Å². The van der Waals surface area contributed by atoms with Crippen LogP contribution in [0.4, 0.5) is 5.69 Å². The van der Waals surface area contributed by atoms with Gasteiger partial charge in [0.25, 0.3) is 0 Å². The highest BCUT2D eigenvalue weighted by molar-refractivity contribution is 6.39. The van der Waals surface area contributed by atoms with E-state index in [1.807, 2.05) is 0 Å². The summed E-state index contributed by atoms with van der Waals surface area (Å²) in [5.41, 5.74) is 0.454. The number of para-hydroxylation sites is 1. The van der Waals surface area contributed by atoms with Crippen LogP contribution in [0.25, 0.3) is 0 Å². The minimum Gasteiger partial charge on any atom is -0.324 e. The second-order valence-electron chi connectivity index (χ2n) is 5.23. The number of hydrogen-bond acceptors (Lipinski definition) is 3. The number of amides is 1. The lowest BCUT2D eigenvalue weighted by atomic mass is 10.00. The first-order valence-corrected chi connectivity index (χ1v) is 7.77. The summed E-state index contributed by atoms with van der Waals surface area (Å²) < 4.78 is 0. The molecule has 1 aliphatic rings. The quantitative estimate of drug-likeness (QED) is 0.844. The maximum Gasteiger partial charge on any atom is 0.225 e. The third kappa shape index (κ3) is 4.70. The van der Waals surface area contributed by atoms with Gasteiger partial charge in [-0.1, -0.05) is 29.3 Å². The van der Waals surface area contributed by atoms with Gasteiger partial charge in [0.1, 0.15) is 6.29 Å². The number of carbonyl (C=O) groups is 2. The Morgan fingerprint density at radius 1 is 1.38 bits per heavy atom. The second kappa shape index (κ2) is 7.78. The Bertz CT molecular complexity index is 502. The van der Waals surface area contributed by atoms with Gasteiger partial charge in [-0.25, -0.2) is 0 Å². The molecule has 1 fully saturated rings. The molecule has 1 aromatic rings. The van der Waals surface area contributed by atoms with Crippen molar-refractivity contribution in [3.63, 3.8) is 0 Å². The molecule has 1 atom stereocenters. The first-order chi connectivity index (χ1) is 10.1. The fraction of sp³-hybridized carbons (Fsp3) is 0.467. The minimum atomic E-state index is -0.127. The molecule has 1 aromatic carbocycles. The van der Waals surface area contributed by atoms with Crippen LogP contribution in [-0.2, 0) is 9.59 Å². The molecular formula is C15H18Cl2N2O2. The Balaban J connectivity index is 1.83. The molecule has 1 aliphatic heterocycles. The first-order valence-electron chi connectivity index (χ1n) is 7.01. The molecule has 0 aromatic heterocycles. The van der Waals surface area contributed by atoms with E-state index in [1.54, 1.807) is 18.2 Å². The number of piperidine rings is 1. The Hall–Kier alpha value is -1.10. The zero-order chi connectivity index (χ0) is 15.2. The van der Waals surface area contributed by atoms with E-state index >= 15 is 0 Å². The van der Waals surface area contributed by atoms with Crippen LogP contribution in [0.15, 0.2) is 18.2 Å². The molecule has 1 unspecified atom stereocenters. The van der Waals surface area contributed by atoms with Crippen molar-refractivity contribution in [1.29, 1.82) is 0 Å². The highest BCUT2D eigenvalue weighted by atomic mass is 35.5. The van der Waals surface area contributed by atoms with Crippen molar-refractivity contribution in [2.45, 2.75) is 19.3 Å². The third-order valence-corrected chi connectivity index (χ3v) is 4.25. The number of benzene rings is 1. The highest BCUT2D eigenvalue weighted by Crippen LogP contribution is 2.29. The predicted molar refractivity (Wildman–Crippen MR) is 84.9 cm³/mol. The summed E-state index contributed by atoms with van der Waals surface area (Å²) in [6.45, 7) is 2.31. The molecule has 6 heteroatoms. The fourth-order valence-corrected chi connectivity index (χ4v) is 2.98. The third-order valence-electron chi connectivity index (χ3n) is 3.62. The van der Waals surface area contributed by atoms with Gasteiger partial charge in [0.05, 0.1) is 15.7 Å². The number of aldehydes is 1. The van der Waals surface area contributed by atoms with E-state index in [0.717, 1.165) is 32.2 Å². The molecule has 1 saturated heterocycles. The lowest BCUT2D eigenvalue weighted by Crippen LogP contribution is -2.37. The average Bonchev–Trinajstić information content (AvgIpc) is 2.49. The van der Waals surface area contributed by atoms with Gasteiger partial charge in [0.15, 0.2) is 0 Å². The SMILES string of the molecule is O=CC1CCCN(CCC(=O)Nc2c(Cl)cccc2Cl)C1. The van der Waals surface area contributed by atoms with Crippen molar-refractivity contribution in [2.24, 2.45) is 5.92 Å². The van der Waals surface area contributed by atoms with Gasteiger partial charge >= 0.3 is 0 Å². The zero-order valence-electron chi connectivity index (χ0n) is 11.6. The van der Waals surface area contributed by atoms with Gasteiger partial charge in [-0.3, -0.25) is 4.79 Å². The molecule has 1 N–H and O–H groups in total. The van der Waals surface area contributed by atoms with E-state index in [9.17, 15) is 9.59 Å². The molecular weight excluding hydrogens is 311 g/mol. The molecule has 0 radical (unpaired) electrons. The number of anilines is 1. The molecule has 2 rings (SSSR count). The van der Waals surface area contributed by atoms with Gasteiger partial charge in [-0.15, -0.1) is 0 Å². The van der Waals surface area contributed by atoms with E-state index in [2.05, 4.69) is 10.2 Å². The summed E-state index contributed by atoms with van der Waals surface area (Å²) in [5.74, 6) is -0.0296. The lowest BCUT2D eigenvalue weighted by Gasteiger charge is -2.29. The summed E-state index contributed by atoms with van der Waals surface area (Å²) >= 11 is 12.0. The monoisotopic (exact) mass is 328 g/mol. The van der Waals surface area contributed by atoms with E-state index in [-0.39, 0.29) is 11.8 Å². The van der Waals surface area contributed by atoms with Crippen LogP contribution in [0.5, 0.6) is 0 Å². The van der Waals surface area contributed by atoms with Crippen LogP contribution in [0, 0.1) is 5.92 Å². The van der Waals surface area contributed by atoms with Crippen molar-refractivity contribution >= 4 is 41.1 Å². The highest BCUT2D eigenvalue weighted by Gasteiger charge is 2.19. The Morgan fingerprint density at radius 2 is 2.10 bits per heavy atom. The van der Waals surface area contributed by atoms with Gasteiger partial charge in [0.2, 0.25) is 5.91 Å². The van der Waals surface area contributed by atoms with Crippen molar-refractivity contribution in [3.05, 3.63) is 28.2 Å². The van der Waals surface area contributed by atoms with Crippen molar-refractivity contribution in [2.75, 3.05) is 25.0 Å². The van der Waals surface area contributed by atoms with E-state index < -0.39 is 0 Å². The number of carbonyl (C=O) groups excluding carboxylic acids is 2. The molecule has 4 nitrogen and oxygen atoms in total. The summed E-state index contributed by atoms with van der Waals surface area (Å²) in [6, 6.07) is 5.10. The largest absolute Gasteiger partial charge is 0.324 e. The summed E-state index contributed by atoms with van der Waals surface area (Å²) in [6.07, 6.45) is 3.31. The number of halogens is 2. The van der Waals surface area contributed by atoms with Crippen LogP contribution in [0.3, 0.4) is 0 Å². The number of rotatable bonds is 5. The molecule has 0 aliphatic carbocycles. The van der Waals surface area contributed by atoms with Crippen LogP contribution in [-0.4, -0.2) is 36.7 Å². The molecule has 0 saturated carbocycles. The van der Waals surface area contributed by atoms with Gasteiger partial charge in [-0.2, -0.15) is 0 Å². The second-order valence-corrected chi connectivity index (χ2v) is 6.05. The fourth-order valence-electron chi connectivity index (χ4n) is 2.48. The van der Waals surface area contributed by atoms with Crippen LogP contribution < -0.4 is 5.32 Å². The summed E-state index contributed by atoms with van der Waals surface area (Å²) in [5, 5.41) is 3.60. The molecule has 0 bridgehead atoms. The van der Waals surface area contributed by atoms with Crippen molar-refractivity contribution in [1.82, 2.24) is 4.90 Å².